The predicted octanol–water partition coefficient (Wildman–Crippen LogP) is 4.47. The summed E-state index contributed by atoms with van der Waals surface area (Å²) in [5.74, 6) is 0. The molecule has 0 saturated carbocycles. The van der Waals surface area contributed by atoms with Crippen LogP contribution in [0.1, 0.15) is 22.7 Å². The molecule has 0 bridgehead atoms. The van der Waals surface area contributed by atoms with Crippen LogP contribution in [-0.4, -0.2) is 0 Å². The number of anilines is 1. The molecule has 1 aliphatic heterocycles. The maximum absolute atomic E-state index is 3.60. The highest BCUT2D eigenvalue weighted by molar-refractivity contribution is 9.10. The minimum Gasteiger partial charge on any atom is -0.378 e. The zero-order valence-electron chi connectivity index (χ0n) is 9.70. The van der Waals surface area contributed by atoms with E-state index in [4.69, 9.17) is 0 Å². The van der Waals surface area contributed by atoms with Crippen LogP contribution in [0.3, 0.4) is 0 Å². The first-order valence-electron chi connectivity index (χ1n) is 5.84. The van der Waals surface area contributed by atoms with Crippen molar-refractivity contribution < 1.29 is 0 Å². The Morgan fingerprint density at radius 3 is 2.82 bits per heavy atom. The van der Waals surface area contributed by atoms with Crippen LogP contribution < -0.4 is 5.32 Å². The second-order valence-electron chi connectivity index (χ2n) is 4.56. The third kappa shape index (κ3) is 1.98. The van der Waals surface area contributed by atoms with Crippen molar-refractivity contribution in [2.24, 2.45) is 0 Å². The van der Waals surface area contributed by atoms with E-state index < -0.39 is 0 Å². The summed E-state index contributed by atoms with van der Waals surface area (Å²) >= 11 is 3.52. The SMILES string of the molecule is Cc1ccccc1C1Cc2ccc(Br)cc2N1. The summed E-state index contributed by atoms with van der Waals surface area (Å²) in [6.45, 7) is 2.18. The molecular weight excluding hydrogens is 274 g/mol. The largest absolute Gasteiger partial charge is 0.378 e. The lowest BCUT2D eigenvalue weighted by Gasteiger charge is -2.14. The average molecular weight is 288 g/mol. The molecule has 0 amide bonds. The maximum atomic E-state index is 3.60. The van der Waals surface area contributed by atoms with E-state index >= 15 is 0 Å². The van der Waals surface area contributed by atoms with Crippen molar-refractivity contribution in [2.75, 3.05) is 5.32 Å². The molecule has 1 aliphatic rings. The molecular formula is C15H14BrN. The second-order valence-corrected chi connectivity index (χ2v) is 5.47. The van der Waals surface area contributed by atoms with E-state index in [1.807, 2.05) is 0 Å². The molecule has 2 aromatic carbocycles. The molecule has 1 heterocycles. The van der Waals surface area contributed by atoms with Gasteiger partial charge in [-0.1, -0.05) is 46.3 Å². The number of aryl methyl sites for hydroxylation is 1. The average Bonchev–Trinajstić information content (AvgIpc) is 2.72. The fourth-order valence-corrected chi connectivity index (χ4v) is 2.85. The molecule has 86 valence electrons. The normalized spacial score (nSPS) is 17.6. The van der Waals surface area contributed by atoms with Gasteiger partial charge in [-0.3, -0.25) is 0 Å². The van der Waals surface area contributed by atoms with Crippen molar-refractivity contribution in [3.8, 4) is 0 Å². The Kier molecular flexibility index (Phi) is 2.67. The summed E-state index contributed by atoms with van der Waals surface area (Å²) in [7, 11) is 0. The molecule has 0 radical (unpaired) electrons. The Balaban J connectivity index is 1.94. The Hall–Kier alpha value is -1.28. The fraction of sp³-hybridized carbons (Fsp3) is 0.200. The third-order valence-electron chi connectivity index (χ3n) is 3.39. The van der Waals surface area contributed by atoms with Crippen LogP contribution in [-0.2, 0) is 6.42 Å². The Labute approximate surface area is 110 Å². The van der Waals surface area contributed by atoms with Crippen molar-refractivity contribution in [1.82, 2.24) is 0 Å². The van der Waals surface area contributed by atoms with Crippen LogP contribution in [0.25, 0.3) is 0 Å². The molecule has 17 heavy (non-hydrogen) atoms. The lowest BCUT2D eigenvalue weighted by Crippen LogP contribution is -2.07. The zero-order chi connectivity index (χ0) is 11.8. The fourth-order valence-electron chi connectivity index (χ4n) is 2.49. The Bertz CT molecular complexity index is 563. The van der Waals surface area contributed by atoms with Gasteiger partial charge in [-0.25, -0.2) is 0 Å². The minimum atomic E-state index is 0.417. The van der Waals surface area contributed by atoms with Gasteiger partial charge < -0.3 is 5.32 Å². The van der Waals surface area contributed by atoms with Crippen LogP contribution >= 0.6 is 15.9 Å². The van der Waals surface area contributed by atoms with Crippen LogP contribution in [0.4, 0.5) is 5.69 Å². The zero-order valence-corrected chi connectivity index (χ0v) is 11.3. The van der Waals surface area contributed by atoms with E-state index in [0.717, 1.165) is 10.9 Å². The number of hydrogen-bond acceptors (Lipinski definition) is 1. The van der Waals surface area contributed by atoms with Gasteiger partial charge in [-0.2, -0.15) is 0 Å². The van der Waals surface area contributed by atoms with Crippen molar-refractivity contribution in [3.63, 3.8) is 0 Å². The lowest BCUT2D eigenvalue weighted by molar-refractivity contribution is 0.816. The molecule has 0 saturated heterocycles. The summed E-state index contributed by atoms with van der Waals surface area (Å²) in [6, 6.07) is 15.5. The van der Waals surface area contributed by atoms with Gasteiger partial charge in [0.1, 0.15) is 0 Å². The van der Waals surface area contributed by atoms with Gasteiger partial charge in [-0.15, -0.1) is 0 Å². The van der Waals surface area contributed by atoms with Gasteiger partial charge in [0.05, 0.1) is 6.04 Å². The molecule has 0 spiro atoms. The van der Waals surface area contributed by atoms with Crippen molar-refractivity contribution >= 4 is 21.6 Å². The van der Waals surface area contributed by atoms with Gasteiger partial charge in [-0.05, 0) is 42.2 Å². The molecule has 0 fully saturated rings. The predicted molar refractivity (Wildman–Crippen MR) is 75.4 cm³/mol. The minimum absolute atomic E-state index is 0.417. The van der Waals surface area contributed by atoms with Gasteiger partial charge in [0.15, 0.2) is 0 Å². The first kappa shape index (κ1) is 10.8. The molecule has 1 nitrogen and oxygen atoms in total. The molecule has 3 rings (SSSR count). The van der Waals surface area contributed by atoms with E-state index in [2.05, 4.69) is 70.6 Å². The van der Waals surface area contributed by atoms with Crippen LogP contribution in [0, 0.1) is 6.92 Å². The van der Waals surface area contributed by atoms with Crippen LogP contribution in [0.2, 0.25) is 0 Å². The highest BCUT2D eigenvalue weighted by Gasteiger charge is 2.22. The summed E-state index contributed by atoms with van der Waals surface area (Å²) in [5, 5.41) is 3.60. The number of rotatable bonds is 1. The molecule has 0 aliphatic carbocycles. The van der Waals surface area contributed by atoms with Crippen LogP contribution in [0.5, 0.6) is 0 Å². The van der Waals surface area contributed by atoms with E-state index in [-0.39, 0.29) is 0 Å². The maximum Gasteiger partial charge on any atom is 0.0557 e. The Morgan fingerprint density at radius 2 is 2.00 bits per heavy atom. The van der Waals surface area contributed by atoms with Gasteiger partial charge in [0.2, 0.25) is 0 Å². The number of nitrogens with one attached hydrogen (secondary N) is 1. The standard InChI is InChI=1S/C15H14BrN/c1-10-4-2-3-5-13(10)15-8-11-6-7-12(16)9-14(11)17-15/h2-7,9,15,17H,8H2,1H3. The van der Waals surface area contributed by atoms with Gasteiger partial charge in [0, 0.05) is 10.2 Å². The number of hydrogen-bond donors (Lipinski definition) is 1. The van der Waals surface area contributed by atoms with Gasteiger partial charge >= 0.3 is 0 Å². The van der Waals surface area contributed by atoms with Crippen molar-refractivity contribution in [2.45, 2.75) is 19.4 Å². The number of halogens is 1. The summed E-state index contributed by atoms with van der Waals surface area (Å²) < 4.78 is 1.13. The summed E-state index contributed by atoms with van der Waals surface area (Å²) in [4.78, 5) is 0. The highest BCUT2D eigenvalue weighted by Crippen LogP contribution is 2.36. The molecule has 2 aromatic rings. The molecule has 2 heteroatoms. The molecule has 0 aromatic heterocycles. The van der Waals surface area contributed by atoms with Crippen LogP contribution in [0.15, 0.2) is 46.9 Å². The Morgan fingerprint density at radius 1 is 1.18 bits per heavy atom. The van der Waals surface area contributed by atoms with E-state index in [9.17, 15) is 0 Å². The van der Waals surface area contributed by atoms with E-state index in [1.165, 1.54) is 22.4 Å². The first-order valence-corrected chi connectivity index (χ1v) is 6.64. The summed E-state index contributed by atoms with van der Waals surface area (Å²) in [5.41, 5.74) is 5.42. The first-order chi connectivity index (χ1) is 8.24. The lowest BCUT2D eigenvalue weighted by atomic mass is 9.99. The second kappa shape index (κ2) is 4.19. The monoisotopic (exact) mass is 287 g/mol. The van der Waals surface area contributed by atoms with E-state index in [0.29, 0.717) is 6.04 Å². The van der Waals surface area contributed by atoms with E-state index in [1.54, 1.807) is 0 Å². The van der Waals surface area contributed by atoms with Crippen molar-refractivity contribution in [1.29, 1.82) is 0 Å². The third-order valence-corrected chi connectivity index (χ3v) is 3.88. The topological polar surface area (TPSA) is 12.0 Å². The summed E-state index contributed by atoms with van der Waals surface area (Å²) in [6.07, 6.45) is 1.08. The number of fused-ring (bicyclic) bond motifs is 1. The number of benzene rings is 2. The smallest absolute Gasteiger partial charge is 0.0557 e. The highest BCUT2D eigenvalue weighted by atomic mass is 79.9. The van der Waals surface area contributed by atoms with Gasteiger partial charge in [0.25, 0.3) is 0 Å². The van der Waals surface area contributed by atoms with Crippen molar-refractivity contribution in [3.05, 3.63) is 63.6 Å². The molecule has 1 unspecified atom stereocenters. The molecule has 1 atom stereocenters. The quantitative estimate of drug-likeness (QED) is 0.816. The molecule has 1 N–H and O–H groups in total.